The number of methoxy groups -OCH3 is 1. The van der Waals surface area contributed by atoms with Gasteiger partial charge in [-0.05, 0) is 12.5 Å². The predicted molar refractivity (Wildman–Crippen MR) is 74.9 cm³/mol. The minimum Gasteiger partial charge on any atom is -0.382 e. The summed E-state index contributed by atoms with van der Waals surface area (Å²) in [6.45, 7) is 8.46. The molecule has 0 amide bonds. The molecule has 1 atom stereocenters. The number of hydrogen-bond donors (Lipinski definition) is 1. The molecule has 0 aliphatic rings. The van der Waals surface area contributed by atoms with Gasteiger partial charge in [0, 0.05) is 19.7 Å². The summed E-state index contributed by atoms with van der Waals surface area (Å²) in [7, 11) is 1.69. The van der Waals surface area contributed by atoms with Gasteiger partial charge in [-0.15, -0.1) is 0 Å². The second-order valence-electron chi connectivity index (χ2n) is 4.83. The first kappa shape index (κ1) is 15.2. The fourth-order valence-electron chi connectivity index (χ4n) is 1.76. The number of hydrogen-bond acceptors (Lipinski definition) is 3. The van der Waals surface area contributed by atoms with Gasteiger partial charge in [0.15, 0.2) is 0 Å². The average Bonchev–Trinajstić information content (AvgIpc) is 2.33. The molecule has 0 aliphatic heterocycles. The van der Waals surface area contributed by atoms with Crippen molar-refractivity contribution in [2.75, 3.05) is 26.9 Å². The van der Waals surface area contributed by atoms with Crippen molar-refractivity contribution in [3.63, 3.8) is 0 Å². The lowest BCUT2D eigenvalue weighted by atomic mass is 10.1. The van der Waals surface area contributed by atoms with Crippen LogP contribution in [-0.2, 0) is 9.47 Å². The third kappa shape index (κ3) is 5.63. The predicted octanol–water partition coefficient (Wildman–Crippen LogP) is 2.70. The Kier molecular flexibility index (Phi) is 6.94. The Morgan fingerprint density at radius 1 is 1.22 bits per heavy atom. The summed E-state index contributed by atoms with van der Waals surface area (Å²) in [4.78, 5) is 0. The zero-order valence-electron chi connectivity index (χ0n) is 11.9. The summed E-state index contributed by atoms with van der Waals surface area (Å²) in [5.74, 6) is 0. The smallest absolute Gasteiger partial charge is 0.0950 e. The molecule has 1 unspecified atom stereocenters. The molecule has 0 saturated carbocycles. The molecule has 18 heavy (non-hydrogen) atoms. The monoisotopic (exact) mass is 251 g/mol. The highest BCUT2D eigenvalue weighted by atomic mass is 16.5. The fraction of sp³-hybridized carbons (Fsp3) is 0.600. The van der Waals surface area contributed by atoms with Crippen molar-refractivity contribution in [2.24, 2.45) is 0 Å². The minimum absolute atomic E-state index is 0.0856. The molecule has 1 aromatic carbocycles. The van der Waals surface area contributed by atoms with E-state index in [1.807, 2.05) is 0 Å². The van der Waals surface area contributed by atoms with Gasteiger partial charge in [0.25, 0.3) is 0 Å². The zero-order valence-corrected chi connectivity index (χ0v) is 11.9. The van der Waals surface area contributed by atoms with Crippen LogP contribution in [-0.4, -0.2) is 32.9 Å². The van der Waals surface area contributed by atoms with Crippen LogP contribution in [0.15, 0.2) is 24.3 Å². The number of ether oxygens (including phenoxy) is 2. The molecule has 0 bridgehead atoms. The van der Waals surface area contributed by atoms with E-state index in [0.717, 1.165) is 6.54 Å². The molecular formula is C15H25NO2. The zero-order chi connectivity index (χ0) is 13.4. The molecule has 102 valence electrons. The number of nitrogens with one attached hydrogen (secondary N) is 1. The Bertz CT molecular complexity index is 339. The summed E-state index contributed by atoms with van der Waals surface area (Å²) < 4.78 is 10.9. The summed E-state index contributed by atoms with van der Waals surface area (Å²) in [5.41, 5.74) is 2.48. The maximum Gasteiger partial charge on any atom is 0.0950 e. The molecule has 0 heterocycles. The maximum atomic E-state index is 5.89. The second-order valence-corrected chi connectivity index (χ2v) is 4.83. The van der Waals surface area contributed by atoms with Gasteiger partial charge in [0.05, 0.1) is 19.3 Å². The van der Waals surface area contributed by atoms with Crippen LogP contribution in [0.1, 0.15) is 31.1 Å². The molecular weight excluding hydrogens is 226 g/mol. The topological polar surface area (TPSA) is 30.5 Å². The third-order valence-corrected chi connectivity index (χ3v) is 2.73. The average molecular weight is 251 g/mol. The molecule has 0 spiro atoms. The highest BCUT2D eigenvalue weighted by Crippen LogP contribution is 2.18. The summed E-state index contributed by atoms with van der Waals surface area (Å²) in [6.07, 6.45) is 0.0856. The largest absolute Gasteiger partial charge is 0.382 e. The first-order chi connectivity index (χ1) is 8.63. The number of rotatable bonds is 8. The lowest BCUT2D eigenvalue weighted by Gasteiger charge is -2.20. The minimum atomic E-state index is 0.0856. The van der Waals surface area contributed by atoms with E-state index < -0.39 is 0 Å². The van der Waals surface area contributed by atoms with E-state index in [0.29, 0.717) is 19.3 Å². The van der Waals surface area contributed by atoms with Crippen molar-refractivity contribution < 1.29 is 9.47 Å². The Labute approximate surface area is 110 Å². The highest BCUT2D eigenvalue weighted by molar-refractivity contribution is 5.24. The molecule has 3 heteroatoms. The summed E-state index contributed by atoms with van der Waals surface area (Å²) >= 11 is 0. The fourth-order valence-corrected chi connectivity index (χ4v) is 1.76. The summed E-state index contributed by atoms with van der Waals surface area (Å²) in [5, 5.41) is 3.42. The van der Waals surface area contributed by atoms with Crippen LogP contribution < -0.4 is 5.32 Å². The van der Waals surface area contributed by atoms with E-state index in [2.05, 4.69) is 50.4 Å². The first-order valence-electron chi connectivity index (χ1n) is 6.54. The van der Waals surface area contributed by atoms with Crippen LogP contribution in [0.4, 0.5) is 0 Å². The molecule has 0 aliphatic carbocycles. The van der Waals surface area contributed by atoms with Gasteiger partial charge in [-0.2, -0.15) is 0 Å². The van der Waals surface area contributed by atoms with Gasteiger partial charge < -0.3 is 14.8 Å². The SMILES string of the molecule is COCCOC(CNC(C)C)c1cccc(C)c1. The van der Waals surface area contributed by atoms with E-state index in [9.17, 15) is 0 Å². The van der Waals surface area contributed by atoms with Gasteiger partial charge in [0.1, 0.15) is 0 Å². The lowest BCUT2D eigenvalue weighted by Crippen LogP contribution is -2.29. The Morgan fingerprint density at radius 3 is 2.61 bits per heavy atom. The Morgan fingerprint density at radius 2 is 2.00 bits per heavy atom. The molecule has 0 saturated heterocycles. The summed E-state index contributed by atoms with van der Waals surface area (Å²) in [6, 6.07) is 8.94. The van der Waals surface area contributed by atoms with E-state index in [-0.39, 0.29) is 6.10 Å². The van der Waals surface area contributed by atoms with Crippen molar-refractivity contribution >= 4 is 0 Å². The van der Waals surface area contributed by atoms with Crippen LogP contribution in [0.3, 0.4) is 0 Å². The van der Waals surface area contributed by atoms with E-state index >= 15 is 0 Å². The van der Waals surface area contributed by atoms with Gasteiger partial charge in [-0.1, -0.05) is 43.7 Å². The van der Waals surface area contributed by atoms with Crippen molar-refractivity contribution in [3.8, 4) is 0 Å². The van der Waals surface area contributed by atoms with Crippen LogP contribution in [0.5, 0.6) is 0 Å². The van der Waals surface area contributed by atoms with Crippen LogP contribution in [0.2, 0.25) is 0 Å². The van der Waals surface area contributed by atoms with Crippen LogP contribution in [0, 0.1) is 6.92 Å². The normalized spacial score (nSPS) is 12.9. The van der Waals surface area contributed by atoms with E-state index in [4.69, 9.17) is 9.47 Å². The number of aryl methyl sites for hydroxylation is 1. The van der Waals surface area contributed by atoms with Crippen molar-refractivity contribution in [1.82, 2.24) is 5.32 Å². The van der Waals surface area contributed by atoms with E-state index in [1.54, 1.807) is 7.11 Å². The molecule has 0 aromatic heterocycles. The Balaban J connectivity index is 2.63. The van der Waals surface area contributed by atoms with Crippen LogP contribution >= 0.6 is 0 Å². The van der Waals surface area contributed by atoms with Gasteiger partial charge in [-0.25, -0.2) is 0 Å². The molecule has 0 radical (unpaired) electrons. The lowest BCUT2D eigenvalue weighted by molar-refractivity contribution is 0.0158. The van der Waals surface area contributed by atoms with Crippen LogP contribution in [0.25, 0.3) is 0 Å². The molecule has 1 rings (SSSR count). The number of benzene rings is 1. The molecule has 3 nitrogen and oxygen atoms in total. The van der Waals surface area contributed by atoms with Gasteiger partial charge in [0.2, 0.25) is 0 Å². The molecule has 1 aromatic rings. The third-order valence-electron chi connectivity index (χ3n) is 2.73. The van der Waals surface area contributed by atoms with Crippen molar-refractivity contribution in [2.45, 2.75) is 32.9 Å². The standard InChI is InChI=1S/C15H25NO2/c1-12(2)16-11-15(18-9-8-17-4)14-7-5-6-13(3)10-14/h5-7,10,12,15-16H,8-9,11H2,1-4H3. The van der Waals surface area contributed by atoms with Gasteiger partial charge in [-0.3, -0.25) is 0 Å². The van der Waals surface area contributed by atoms with Gasteiger partial charge >= 0.3 is 0 Å². The molecule has 0 fully saturated rings. The Hall–Kier alpha value is -0.900. The van der Waals surface area contributed by atoms with Crippen molar-refractivity contribution in [1.29, 1.82) is 0 Å². The first-order valence-corrected chi connectivity index (χ1v) is 6.54. The van der Waals surface area contributed by atoms with Crippen molar-refractivity contribution in [3.05, 3.63) is 35.4 Å². The highest BCUT2D eigenvalue weighted by Gasteiger charge is 2.12. The molecule has 1 N–H and O–H groups in total. The maximum absolute atomic E-state index is 5.89. The quantitative estimate of drug-likeness (QED) is 0.721. The second kappa shape index (κ2) is 8.25. The van der Waals surface area contributed by atoms with E-state index in [1.165, 1.54) is 11.1 Å².